The summed E-state index contributed by atoms with van der Waals surface area (Å²) in [5.41, 5.74) is 0. The summed E-state index contributed by atoms with van der Waals surface area (Å²) in [5.74, 6) is 1.84. The lowest BCUT2D eigenvalue weighted by Gasteiger charge is -2.27. The molecule has 0 fully saturated rings. The fourth-order valence-corrected chi connectivity index (χ4v) is 2.62. The largest absolute Gasteiger partial charge is 0.486 e. The molecule has 0 aliphatic carbocycles. The van der Waals surface area contributed by atoms with Crippen LogP contribution in [0.2, 0.25) is 5.02 Å². The molecule has 0 saturated heterocycles. The smallest absolute Gasteiger partial charge is 0.261 e. The maximum atomic E-state index is 12.4. The lowest BCUT2D eigenvalue weighted by atomic mass is 10.2. The van der Waals surface area contributed by atoms with E-state index in [1.807, 2.05) is 31.2 Å². The van der Waals surface area contributed by atoms with Crippen LogP contribution < -0.4 is 19.5 Å². The highest BCUT2D eigenvalue weighted by Crippen LogP contribution is 2.30. The van der Waals surface area contributed by atoms with Crippen LogP contribution in [0.1, 0.15) is 13.3 Å². The topological polar surface area (TPSA) is 56.8 Å². The van der Waals surface area contributed by atoms with Crippen LogP contribution in [0.3, 0.4) is 0 Å². The zero-order chi connectivity index (χ0) is 17.6. The van der Waals surface area contributed by atoms with Crippen LogP contribution in [0.15, 0.2) is 48.5 Å². The Bertz CT molecular complexity index is 720. The first-order valence-electron chi connectivity index (χ1n) is 8.24. The van der Waals surface area contributed by atoms with Crippen LogP contribution in [-0.4, -0.2) is 31.3 Å². The van der Waals surface area contributed by atoms with E-state index in [0.717, 1.165) is 5.75 Å². The number of amides is 1. The molecule has 0 spiro atoms. The fourth-order valence-electron chi connectivity index (χ4n) is 2.49. The lowest BCUT2D eigenvalue weighted by Crippen LogP contribution is -2.45. The number of ether oxygens (including phenoxy) is 3. The normalized spacial score (nSPS) is 16.8. The van der Waals surface area contributed by atoms with E-state index in [1.54, 1.807) is 24.3 Å². The van der Waals surface area contributed by atoms with Gasteiger partial charge in [0.25, 0.3) is 5.91 Å². The first kappa shape index (κ1) is 17.4. The third-order valence-electron chi connectivity index (χ3n) is 3.83. The zero-order valence-corrected chi connectivity index (χ0v) is 14.7. The summed E-state index contributed by atoms with van der Waals surface area (Å²) in [7, 11) is 0. The number of nitrogens with one attached hydrogen (secondary N) is 1. The van der Waals surface area contributed by atoms with Crippen molar-refractivity contribution >= 4 is 17.5 Å². The molecule has 1 N–H and O–H groups in total. The molecule has 2 atom stereocenters. The van der Waals surface area contributed by atoms with Gasteiger partial charge in [0.05, 0.1) is 6.54 Å². The van der Waals surface area contributed by atoms with Crippen LogP contribution in [0.5, 0.6) is 17.2 Å². The Morgan fingerprint density at radius 2 is 1.96 bits per heavy atom. The first-order valence-corrected chi connectivity index (χ1v) is 8.62. The molecule has 3 rings (SSSR count). The predicted molar refractivity (Wildman–Crippen MR) is 95.5 cm³/mol. The minimum atomic E-state index is -0.571. The van der Waals surface area contributed by atoms with Gasteiger partial charge in [0.15, 0.2) is 17.6 Å². The van der Waals surface area contributed by atoms with Crippen molar-refractivity contribution in [1.82, 2.24) is 5.32 Å². The van der Waals surface area contributed by atoms with E-state index in [4.69, 9.17) is 25.8 Å². The van der Waals surface area contributed by atoms with Crippen molar-refractivity contribution in [2.45, 2.75) is 25.6 Å². The van der Waals surface area contributed by atoms with Crippen molar-refractivity contribution in [3.05, 3.63) is 53.6 Å². The zero-order valence-electron chi connectivity index (χ0n) is 13.9. The molecule has 0 unspecified atom stereocenters. The highest BCUT2D eigenvalue weighted by Gasteiger charge is 2.23. The van der Waals surface area contributed by atoms with E-state index in [0.29, 0.717) is 36.1 Å². The van der Waals surface area contributed by atoms with Crippen molar-refractivity contribution in [2.24, 2.45) is 0 Å². The van der Waals surface area contributed by atoms with Crippen molar-refractivity contribution in [3.8, 4) is 17.2 Å². The molecular formula is C19H20ClNO4. The molecule has 25 heavy (non-hydrogen) atoms. The Kier molecular flexibility index (Phi) is 5.66. The summed E-state index contributed by atoms with van der Waals surface area (Å²) in [6.45, 7) is 2.65. The minimum Gasteiger partial charge on any atom is -0.486 e. The number of hydrogen-bond acceptors (Lipinski definition) is 4. The Morgan fingerprint density at radius 3 is 2.68 bits per heavy atom. The van der Waals surface area contributed by atoms with Crippen molar-refractivity contribution in [2.75, 3.05) is 13.2 Å². The maximum Gasteiger partial charge on any atom is 0.261 e. The monoisotopic (exact) mass is 361 g/mol. The van der Waals surface area contributed by atoms with Crippen molar-refractivity contribution in [3.63, 3.8) is 0 Å². The standard InChI is InChI=1S/C19H20ClNO4/c1-2-16(24-14-9-7-13(20)8-10-14)19(22)21-11-15-12-23-17-5-3-4-6-18(17)25-15/h3-10,15-16H,2,11-12H2,1H3,(H,21,22)/t15-,16+/m1/s1. The number of rotatable bonds is 6. The second-order valence-corrected chi connectivity index (χ2v) is 6.15. The van der Waals surface area contributed by atoms with E-state index in [-0.39, 0.29) is 12.0 Å². The molecule has 1 amide bonds. The van der Waals surface area contributed by atoms with Crippen LogP contribution >= 0.6 is 11.6 Å². The van der Waals surface area contributed by atoms with Gasteiger partial charge in [0, 0.05) is 5.02 Å². The summed E-state index contributed by atoms with van der Waals surface area (Å²) >= 11 is 5.86. The lowest BCUT2D eigenvalue weighted by molar-refractivity contribution is -0.128. The van der Waals surface area contributed by atoms with Crippen LogP contribution in [0, 0.1) is 0 Å². The number of halogens is 1. The van der Waals surface area contributed by atoms with Gasteiger partial charge < -0.3 is 19.5 Å². The SMILES string of the molecule is CC[C@H](Oc1ccc(Cl)cc1)C(=O)NC[C@@H]1COc2ccccc2O1. The number of fused-ring (bicyclic) bond motifs is 1. The highest BCUT2D eigenvalue weighted by molar-refractivity contribution is 6.30. The summed E-state index contributed by atoms with van der Waals surface area (Å²) < 4.78 is 17.2. The first-order chi connectivity index (χ1) is 12.2. The van der Waals surface area contributed by atoms with Gasteiger partial charge in [-0.05, 0) is 42.8 Å². The second kappa shape index (κ2) is 8.12. The summed E-state index contributed by atoms with van der Waals surface area (Å²) in [6, 6.07) is 14.4. The number of benzene rings is 2. The third-order valence-corrected chi connectivity index (χ3v) is 4.08. The van der Waals surface area contributed by atoms with Gasteiger partial charge in [-0.1, -0.05) is 30.7 Å². The molecular weight excluding hydrogens is 342 g/mol. The molecule has 2 aromatic rings. The van der Waals surface area contributed by atoms with Gasteiger partial charge in [-0.3, -0.25) is 4.79 Å². The number of hydrogen-bond donors (Lipinski definition) is 1. The quantitative estimate of drug-likeness (QED) is 0.856. The molecule has 1 aliphatic heterocycles. The molecule has 6 heteroatoms. The van der Waals surface area contributed by atoms with Gasteiger partial charge in [-0.15, -0.1) is 0 Å². The molecule has 0 aromatic heterocycles. The van der Waals surface area contributed by atoms with Gasteiger partial charge in [0.2, 0.25) is 0 Å². The molecule has 0 saturated carbocycles. The Balaban J connectivity index is 1.52. The molecule has 0 radical (unpaired) electrons. The highest BCUT2D eigenvalue weighted by atomic mass is 35.5. The van der Waals surface area contributed by atoms with Crippen LogP contribution in [0.4, 0.5) is 0 Å². The predicted octanol–water partition coefficient (Wildman–Crippen LogP) is 3.45. The van der Waals surface area contributed by atoms with Crippen molar-refractivity contribution in [1.29, 1.82) is 0 Å². The molecule has 5 nitrogen and oxygen atoms in total. The van der Waals surface area contributed by atoms with E-state index < -0.39 is 6.10 Å². The van der Waals surface area contributed by atoms with Crippen LogP contribution in [-0.2, 0) is 4.79 Å². The maximum absolute atomic E-state index is 12.4. The molecule has 1 heterocycles. The van der Waals surface area contributed by atoms with E-state index in [1.165, 1.54) is 0 Å². The summed E-state index contributed by atoms with van der Waals surface area (Å²) in [6.07, 6.45) is -0.246. The Morgan fingerprint density at radius 1 is 1.24 bits per heavy atom. The Hall–Kier alpha value is -2.40. The third kappa shape index (κ3) is 4.57. The van der Waals surface area contributed by atoms with E-state index in [9.17, 15) is 4.79 Å². The van der Waals surface area contributed by atoms with Crippen molar-refractivity contribution < 1.29 is 19.0 Å². The van der Waals surface area contributed by atoms with Gasteiger partial charge >= 0.3 is 0 Å². The Labute approximate surface area is 151 Å². The molecule has 132 valence electrons. The number of carbonyl (C=O) groups excluding carboxylic acids is 1. The number of para-hydroxylation sites is 2. The molecule has 2 aromatic carbocycles. The van der Waals surface area contributed by atoms with Gasteiger partial charge in [-0.2, -0.15) is 0 Å². The number of carbonyl (C=O) groups is 1. The average molecular weight is 362 g/mol. The van der Waals surface area contributed by atoms with E-state index in [2.05, 4.69) is 5.32 Å². The van der Waals surface area contributed by atoms with Gasteiger partial charge in [0.1, 0.15) is 18.5 Å². The van der Waals surface area contributed by atoms with Gasteiger partial charge in [-0.25, -0.2) is 0 Å². The summed E-state index contributed by atoms with van der Waals surface area (Å²) in [5, 5.41) is 3.50. The molecule has 0 bridgehead atoms. The fraction of sp³-hybridized carbons (Fsp3) is 0.316. The minimum absolute atomic E-state index is 0.181. The van der Waals surface area contributed by atoms with Crippen LogP contribution in [0.25, 0.3) is 0 Å². The molecule has 1 aliphatic rings. The van der Waals surface area contributed by atoms with E-state index >= 15 is 0 Å². The second-order valence-electron chi connectivity index (χ2n) is 5.71. The average Bonchev–Trinajstić information content (AvgIpc) is 2.65. The summed E-state index contributed by atoms with van der Waals surface area (Å²) in [4.78, 5) is 12.4.